The summed E-state index contributed by atoms with van der Waals surface area (Å²) in [6.45, 7) is 0. The van der Waals surface area contributed by atoms with E-state index in [1.165, 1.54) is 86.9 Å². The Labute approximate surface area is 651 Å². The Morgan fingerprint density at radius 2 is 0.545 bits per heavy atom. The number of fused-ring (bicyclic) bond motifs is 12. The van der Waals surface area contributed by atoms with E-state index in [-0.39, 0.29) is 0 Å². The van der Waals surface area contributed by atoms with E-state index in [2.05, 4.69) is 315 Å². The van der Waals surface area contributed by atoms with Gasteiger partial charge < -0.3 is 4.42 Å². The van der Waals surface area contributed by atoms with Crippen molar-refractivity contribution in [2.24, 2.45) is 0 Å². The molecule has 0 saturated carbocycles. The largest absolute Gasteiger partial charge is 0.456 e. The highest BCUT2D eigenvalue weighted by Gasteiger charge is 2.48. The highest BCUT2D eigenvalue weighted by molar-refractivity contribution is 7.26. The van der Waals surface area contributed by atoms with Gasteiger partial charge in [0.25, 0.3) is 0 Å². The van der Waals surface area contributed by atoms with Gasteiger partial charge in [-0.05, 0) is 131 Å². The third-order valence-electron chi connectivity index (χ3n) is 22.5. The van der Waals surface area contributed by atoms with Gasteiger partial charge in [0.15, 0.2) is 34.9 Å². The zero-order chi connectivity index (χ0) is 74.1. The standard InChI is InChI=1S/C58H37N3S.C46H29N3O/c1-4-18-38(19-5-1)40-22-16-23-41(36-40)56-59-55(39-20-6-2-7-21-39)60-57(61-56)48-29-11-10-26-44(48)47-30-17-33-53-54(47)49-37-43(34-35-52(49)62-53)58(42-24-8-3-9-25-42)50-31-14-12-27-45(50)46-28-13-15-32-51(46)58;1-4-14-30(15-5-1)43-47-44(31-16-6-2-7-17-31)49-45(48-43)32-24-26-37-38-27-25-34(29-42(38)50-41(37)28-32)46(33-18-8-3-9-19-33)39-22-12-10-20-35(39)36-21-11-13-23-40(36)46/h1-37H;1-29H. The van der Waals surface area contributed by atoms with Crippen LogP contribution in [0, 0.1) is 0 Å². The molecule has 16 aromatic carbocycles. The van der Waals surface area contributed by atoms with Gasteiger partial charge in [0.1, 0.15) is 11.2 Å². The first-order valence-corrected chi connectivity index (χ1v) is 38.7. The Kier molecular flexibility index (Phi) is 16.1. The van der Waals surface area contributed by atoms with Crippen LogP contribution in [0.25, 0.3) is 155 Å². The van der Waals surface area contributed by atoms with Gasteiger partial charge in [-0.3, -0.25) is 0 Å². The second-order valence-electron chi connectivity index (χ2n) is 28.6. The lowest BCUT2D eigenvalue weighted by atomic mass is 9.67. The zero-order valence-corrected chi connectivity index (χ0v) is 61.4. The summed E-state index contributed by atoms with van der Waals surface area (Å²) in [6.07, 6.45) is 0. The summed E-state index contributed by atoms with van der Waals surface area (Å²) < 4.78 is 9.22. The molecule has 0 amide bonds. The van der Waals surface area contributed by atoms with E-state index in [9.17, 15) is 0 Å². The molecular formula is C104H66N6OS. The van der Waals surface area contributed by atoms with Crippen LogP contribution in [-0.4, -0.2) is 29.9 Å². The van der Waals surface area contributed by atoms with Crippen LogP contribution in [0.15, 0.2) is 405 Å². The first kappa shape index (κ1) is 65.8. The monoisotopic (exact) mass is 1450 g/mol. The van der Waals surface area contributed by atoms with E-state index >= 15 is 0 Å². The van der Waals surface area contributed by atoms with Gasteiger partial charge in [0.05, 0.1) is 10.8 Å². The minimum Gasteiger partial charge on any atom is -0.456 e. The van der Waals surface area contributed by atoms with Crippen LogP contribution in [-0.2, 0) is 10.8 Å². The Balaban J connectivity index is 0.000000145. The van der Waals surface area contributed by atoms with E-state index in [4.69, 9.17) is 34.3 Å². The van der Waals surface area contributed by atoms with E-state index in [0.29, 0.717) is 34.9 Å². The van der Waals surface area contributed by atoms with E-state index in [1.54, 1.807) is 0 Å². The average Bonchev–Trinajstić information content (AvgIpc) is 1.55. The van der Waals surface area contributed by atoms with Crippen LogP contribution in [0.3, 0.4) is 0 Å². The molecule has 0 saturated heterocycles. The maximum atomic E-state index is 6.73. The van der Waals surface area contributed by atoms with Gasteiger partial charge in [-0.2, -0.15) is 0 Å². The van der Waals surface area contributed by atoms with Crippen molar-refractivity contribution in [3.8, 4) is 113 Å². The molecule has 112 heavy (non-hydrogen) atoms. The van der Waals surface area contributed by atoms with Crippen LogP contribution in [0.5, 0.6) is 0 Å². The number of rotatable bonds is 12. The second-order valence-corrected chi connectivity index (χ2v) is 29.7. The molecule has 0 bridgehead atoms. The molecule has 0 aliphatic heterocycles. The molecular weight excluding hydrogens is 1380 g/mol. The van der Waals surface area contributed by atoms with Crippen LogP contribution >= 0.6 is 11.3 Å². The lowest BCUT2D eigenvalue weighted by molar-refractivity contribution is 0.665. The average molecular weight is 1450 g/mol. The summed E-state index contributed by atoms with van der Waals surface area (Å²) in [5.41, 5.74) is 25.9. The molecule has 7 nitrogen and oxygen atoms in total. The van der Waals surface area contributed by atoms with Crippen molar-refractivity contribution in [1.82, 2.24) is 29.9 Å². The highest BCUT2D eigenvalue weighted by atomic mass is 32.1. The normalized spacial score (nSPS) is 12.8. The van der Waals surface area contributed by atoms with Gasteiger partial charge in [0.2, 0.25) is 0 Å². The minimum atomic E-state index is -0.489. The summed E-state index contributed by atoms with van der Waals surface area (Å²) >= 11 is 1.85. The Morgan fingerprint density at radius 3 is 1.04 bits per heavy atom. The van der Waals surface area contributed by atoms with E-state index < -0.39 is 10.8 Å². The van der Waals surface area contributed by atoms with Gasteiger partial charge >= 0.3 is 0 Å². The Hall–Kier alpha value is -14.4. The molecule has 524 valence electrons. The topological polar surface area (TPSA) is 90.5 Å². The number of hydrogen-bond acceptors (Lipinski definition) is 8. The van der Waals surface area contributed by atoms with Crippen LogP contribution in [0.4, 0.5) is 0 Å². The van der Waals surface area contributed by atoms with Crippen LogP contribution in [0.1, 0.15) is 44.5 Å². The first-order valence-electron chi connectivity index (χ1n) is 37.9. The summed E-state index contributed by atoms with van der Waals surface area (Å²) in [5.74, 6) is 3.77. The number of hydrogen-bond donors (Lipinski definition) is 0. The van der Waals surface area contributed by atoms with E-state index in [1.807, 2.05) is 96.3 Å². The SMILES string of the molecule is c1ccc(-c2cccc(-c3nc(-c4ccccc4)nc(-c4ccccc4-c4cccc5sc6ccc(C7(c8ccccc8)c8ccccc8-c8ccccc87)cc6c45)n3)c2)cc1.c1ccc(-c2nc(-c3ccccc3)nc(-c3ccc4c(c3)oc3cc(C5(c6ccccc6)c6ccccc6-c6ccccc65)ccc34)n2)cc1. The maximum Gasteiger partial charge on any atom is 0.164 e. The highest BCUT2D eigenvalue weighted by Crippen LogP contribution is 2.59. The molecule has 4 aromatic heterocycles. The molecule has 0 unspecified atom stereocenters. The molecule has 0 atom stereocenters. The zero-order valence-electron chi connectivity index (χ0n) is 60.6. The quantitative estimate of drug-likeness (QED) is 0.120. The summed E-state index contributed by atoms with van der Waals surface area (Å²) in [6, 6.07) is 142. The second kappa shape index (κ2) is 27.3. The molecule has 0 fully saturated rings. The summed E-state index contributed by atoms with van der Waals surface area (Å²) in [4.78, 5) is 30.4. The van der Waals surface area contributed by atoms with E-state index in [0.717, 1.165) is 77.6 Å². The number of nitrogens with zero attached hydrogens (tertiary/aromatic N) is 6. The Bertz CT molecular complexity index is 6860. The van der Waals surface area contributed by atoms with Crippen LogP contribution in [0.2, 0.25) is 0 Å². The fourth-order valence-electron chi connectivity index (χ4n) is 17.5. The van der Waals surface area contributed by atoms with Gasteiger partial charge in [0, 0.05) is 64.3 Å². The first-order chi connectivity index (χ1) is 55.5. The lowest BCUT2D eigenvalue weighted by Crippen LogP contribution is -2.28. The molecule has 0 N–H and O–H groups in total. The molecule has 22 rings (SSSR count). The maximum absolute atomic E-state index is 6.73. The summed E-state index contributed by atoms with van der Waals surface area (Å²) in [5, 5.41) is 4.60. The van der Waals surface area contributed by atoms with Crippen molar-refractivity contribution in [3.63, 3.8) is 0 Å². The molecule has 4 heterocycles. The number of aromatic nitrogens is 6. The Morgan fingerprint density at radius 1 is 0.196 bits per heavy atom. The van der Waals surface area contributed by atoms with Crippen molar-refractivity contribution in [2.45, 2.75) is 10.8 Å². The van der Waals surface area contributed by atoms with Crippen molar-refractivity contribution in [2.75, 3.05) is 0 Å². The predicted octanol–water partition coefficient (Wildman–Crippen LogP) is 26.1. The molecule has 2 aliphatic rings. The fourth-order valence-corrected chi connectivity index (χ4v) is 18.6. The van der Waals surface area contributed by atoms with Crippen molar-refractivity contribution >= 4 is 53.4 Å². The van der Waals surface area contributed by atoms with Gasteiger partial charge in [-0.15, -0.1) is 11.3 Å². The third-order valence-corrected chi connectivity index (χ3v) is 23.6. The predicted molar refractivity (Wildman–Crippen MR) is 458 cm³/mol. The van der Waals surface area contributed by atoms with Gasteiger partial charge in [-0.25, -0.2) is 29.9 Å². The molecule has 0 radical (unpaired) electrons. The smallest absolute Gasteiger partial charge is 0.164 e. The third kappa shape index (κ3) is 10.9. The fraction of sp³-hybridized carbons (Fsp3) is 0.0192. The van der Waals surface area contributed by atoms with Crippen molar-refractivity contribution in [3.05, 3.63) is 445 Å². The lowest BCUT2D eigenvalue weighted by Gasteiger charge is -2.34. The molecule has 20 aromatic rings. The number of benzene rings is 16. The number of thiophene rings is 1. The molecule has 2 aliphatic carbocycles. The summed E-state index contributed by atoms with van der Waals surface area (Å²) in [7, 11) is 0. The number of furan rings is 1. The molecule has 0 spiro atoms. The van der Waals surface area contributed by atoms with Crippen molar-refractivity contribution < 1.29 is 4.42 Å². The van der Waals surface area contributed by atoms with Crippen molar-refractivity contribution in [1.29, 1.82) is 0 Å². The molecule has 8 heteroatoms. The van der Waals surface area contributed by atoms with Crippen LogP contribution < -0.4 is 0 Å². The van der Waals surface area contributed by atoms with Gasteiger partial charge in [-0.1, -0.05) is 358 Å². The minimum absolute atomic E-state index is 0.487.